The number of furan rings is 1. The number of piperidine rings is 1. The molecule has 6 heteroatoms. The first-order valence-corrected chi connectivity index (χ1v) is 7.43. The fraction of sp³-hybridized carbons (Fsp3) is 0.538. The molecule has 0 aliphatic carbocycles. The van der Waals surface area contributed by atoms with Crippen molar-refractivity contribution in [2.75, 3.05) is 18.8 Å². The van der Waals surface area contributed by atoms with Gasteiger partial charge in [0.1, 0.15) is 5.76 Å². The summed E-state index contributed by atoms with van der Waals surface area (Å²) < 4.78 is 5.19. The molecule has 1 aliphatic rings. The van der Waals surface area contributed by atoms with Crippen molar-refractivity contribution in [2.24, 2.45) is 5.92 Å². The molecule has 0 saturated carbocycles. The number of hydrogen-bond donors (Lipinski definition) is 1. The molecular formula is C13H17NO4S. The van der Waals surface area contributed by atoms with Crippen molar-refractivity contribution in [3.63, 3.8) is 0 Å². The number of carboxylic acids is 1. The average Bonchev–Trinajstić information content (AvgIpc) is 2.92. The lowest BCUT2D eigenvalue weighted by atomic mass is 9.97. The van der Waals surface area contributed by atoms with Crippen LogP contribution in [0.5, 0.6) is 0 Å². The fourth-order valence-corrected chi connectivity index (χ4v) is 2.93. The van der Waals surface area contributed by atoms with Gasteiger partial charge >= 0.3 is 5.97 Å². The van der Waals surface area contributed by atoms with Crippen LogP contribution >= 0.6 is 11.8 Å². The monoisotopic (exact) mass is 283 g/mol. The lowest BCUT2D eigenvalue weighted by molar-refractivity contribution is -0.145. The van der Waals surface area contributed by atoms with Gasteiger partial charge in [0.25, 0.3) is 0 Å². The molecule has 0 radical (unpaired) electrons. The molecule has 104 valence electrons. The number of aliphatic carboxylic acids is 1. The van der Waals surface area contributed by atoms with Crippen molar-refractivity contribution >= 4 is 23.6 Å². The molecule has 2 rings (SSSR count). The molecule has 1 amide bonds. The molecule has 1 fully saturated rings. The molecule has 0 spiro atoms. The highest BCUT2D eigenvalue weighted by Gasteiger charge is 2.26. The second kappa shape index (κ2) is 6.65. The predicted molar refractivity (Wildman–Crippen MR) is 71.8 cm³/mol. The summed E-state index contributed by atoms with van der Waals surface area (Å²) in [7, 11) is 0. The van der Waals surface area contributed by atoms with Gasteiger partial charge in [0.2, 0.25) is 5.91 Å². The van der Waals surface area contributed by atoms with Crippen molar-refractivity contribution in [2.45, 2.75) is 18.6 Å². The Balaban J connectivity index is 1.68. The van der Waals surface area contributed by atoms with Crippen molar-refractivity contribution in [3.05, 3.63) is 24.2 Å². The maximum Gasteiger partial charge on any atom is 0.306 e. The number of rotatable bonds is 5. The first kappa shape index (κ1) is 14.0. The lowest BCUT2D eigenvalue weighted by Gasteiger charge is -2.30. The van der Waals surface area contributed by atoms with Crippen molar-refractivity contribution < 1.29 is 19.1 Å². The first-order chi connectivity index (χ1) is 9.16. The third kappa shape index (κ3) is 4.02. The first-order valence-electron chi connectivity index (χ1n) is 6.27. The van der Waals surface area contributed by atoms with Gasteiger partial charge in [-0.15, -0.1) is 11.8 Å². The topological polar surface area (TPSA) is 70.8 Å². The van der Waals surface area contributed by atoms with Gasteiger partial charge in [-0.05, 0) is 25.0 Å². The Kier molecular flexibility index (Phi) is 4.90. The quantitative estimate of drug-likeness (QED) is 0.892. The molecule has 0 bridgehead atoms. The molecule has 0 aromatic carbocycles. The molecule has 2 heterocycles. The molecule has 1 aromatic rings. The average molecular weight is 283 g/mol. The van der Waals surface area contributed by atoms with E-state index in [1.807, 2.05) is 12.1 Å². The van der Waals surface area contributed by atoms with Gasteiger partial charge in [-0.2, -0.15) is 0 Å². The Hall–Kier alpha value is -1.43. The van der Waals surface area contributed by atoms with Crippen molar-refractivity contribution in [3.8, 4) is 0 Å². The lowest BCUT2D eigenvalue weighted by Crippen LogP contribution is -2.41. The molecule has 1 N–H and O–H groups in total. The highest BCUT2D eigenvalue weighted by Crippen LogP contribution is 2.19. The Morgan fingerprint density at radius 1 is 1.42 bits per heavy atom. The molecule has 0 atom stereocenters. The van der Waals surface area contributed by atoms with Crippen molar-refractivity contribution in [1.29, 1.82) is 0 Å². The van der Waals surface area contributed by atoms with Crippen LogP contribution in [0.2, 0.25) is 0 Å². The Labute approximate surface area is 116 Å². The molecule has 19 heavy (non-hydrogen) atoms. The zero-order valence-electron chi connectivity index (χ0n) is 10.6. The minimum absolute atomic E-state index is 0.0837. The van der Waals surface area contributed by atoms with E-state index in [1.165, 1.54) is 11.8 Å². The number of carbonyl (C=O) groups excluding carboxylic acids is 1. The van der Waals surface area contributed by atoms with E-state index in [-0.39, 0.29) is 11.8 Å². The number of hydrogen-bond acceptors (Lipinski definition) is 4. The van der Waals surface area contributed by atoms with Crippen LogP contribution in [0, 0.1) is 5.92 Å². The summed E-state index contributed by atoms with van der Waals surface area (Å²) in [5.74, 6) is 1.00. The van der Waals surface area contributed by atoms with Crippen LogP contribution in [0.25, 0.3) is 0 Å². The van der Waals surface area contributed by atoms with E-state index in [0.29, 0.717) is 37.4 Å². The number of amides is 1. The SMILES string of the molecule is O=C(O)C1CCN(C(=O)CSCc2ccco2)CC1. The number of carbonyl (C=O) groups is 2. The van der Waals surface area contributed by atoms with E-state index in [9.17, 15) is 9.59 Å². The Morgan fingerprint density at radius 2 is 2.16 bits per heavy atom. The summed E-state index contributed by atoms with van der Waals surface area (Å²) in [6, 6.07) is 3.71. The number of nitrogens with zero attached hydrogens (tertiary/aromatic N) is 1. The van der Waals surface area contributed by atoms with Gasteiger partial charge in [0, 0.05) is 13.1 Å². The third-order valence-electron chi connectivity index (χ3n) is 3.25. The van der Waals surface area contributed by atoms with E-state index in [1.54, 1.807) is 11.2 Å². The summed E-state index contributed by atoms with van der Waals surface area (Å²) in [5, 5.41) is 8.89. The van der Waals surface area contributed by atoms with Crippen LogP contribution < -0.4 is 0 Å². The molecule has 1 saturated heterocycles. The van der Waals surface area contributed by atoms with E-state index >= 15 is 0 Å². The maximum absolute atomic E-state index is 11.9. The summed E-state index contributed by atoms with van der Waals surface area (Å²) in [6.45, 7) is 1.11. The van der Waals surface area contributed by atoms with Gasteiger partial charge in [0.05, 0.1) is 23.7 Å². The van der Waals surface area contributed by atoms with Crippen LogP contribution in [0.3, 0.4) is 0 Å². The van der Waals surface area contributed by atoms with E-state index in [0.717, 1.165) is 5.76 Å². The zero-order valence-corrected chi connectivity index (χ0v) is 11.4. The zero-order chi connectivity index (χ0) is 13.7. The number of thioether (sulfide) groups is 1. The van der Waals surface area contributed by atoms with Crippen molar-refractivity contribution in [1.82, 2.24) is 4.90 Å². The van der Waals surface area contributed by atoms with Gasteiger partial charge < -0.3 is 14.4 Å². The maximum atomic E-state index is 11.9. The minimum atomic E-state index is -0.751. The molecule has 0 unspecified atom stereocenters. The molecule has 1 aromatic heterocycles. The summed E-state index contributed by atoms with van der Waals surface area (Å²) in [5.41, 5.74) is 0. The predicted octanol–water partition coefficient (Wildman–Crippen LogP) is 1.84. The third-order valence-corrected chi connectivity index (χ3v) is 4.19. The number of carboxylic acid groups (broad SMARTS) is 1. The van der Waals surface area contributed by atoms with Crippen LogP contribution in [0.1, 0.15) is 18.6 Å². The minimum Gasteiger partial charge on any atom is -0.481 e. The Bertz CT molecular complexity index is 424. The fourth-order valence-electron chi connectivity index (χ4n) is 2.10. The normalized spacial score (nSPS) is 16.5. The summed E-state index contributed by atoms with van der Waals surface area (Å²) >= 11 is 1.52. The van der Waals surface area contributed by atoms with E-state index in [4.69, 9.17) is 9.52 Å². The summed E-state index contributed by atoms with van der Waals surface area (Å²) in [6.07, 6.45) is 2.74. The van der Waals surface area contributed by atoms with E-state index < -0.39 is 5.97 Å². The largest absolute Gasteiger partial charge is 0.481 e. The highest BCUT2D eigenvalue weighted by atomic mass is 32.2. The van der Waals surface area contributed by atoms with Crippen LogP contribution in [0.15, 0.2) is 22.8 Å². The van der Waals surface area contributed by atoms with Crippen LogP contribution in [-0.4, -0.2) is 40.7 Å². The second-order valence-electron chi connectivity index (χ2n) is 4.57. The smallest absolute Gasteiger partial charge is 0.306 e. The Morgan fingerprint density at radius 3 is 2.74 bits per heavy atom. The highest BCUT2D eigenvalue weighted by molar-refractivity contribution is 7.99. The summed E-state index contributed by atoms with van der Waals surface area (Å²) in [4.78, 5) is 24.5. The van der Waals surface area contributed by atoms with Gasteiger partial charge in [0.15, 0.2) is 0 Å². The molecule has 5 nitrogen and oxygen atoms in total. The molecular weight excluding hydrogens is 266 g/mol. The van der Waals surface area contributed by atoms with E-state index in [2.05, 4.69) is 0 Å². The van der Waals surface area contributed by atoms with Gasteiger partial charge in [-0.3, -0.25) is 9.59 Å². The standard InChI is InChI=1S/C13H17NO4S/c15-12(9-19-8-11-2-1-7-18-11)14-5-3-10(4-6-14)13(16)17/h1-2,7,10H,3-6,8-9H2,(H,16,17). The number of likely N-dealkylation sites (tertiary alicyclic amines) is 1. The van der Waals surface area contributed by atoms with Crippen LogP contribution in [0.4, 0.5) is 0 Å². The molecule has 1 aliphatic heterocycles. The van der Waals surface area contributed by atoms with Gasteiger partial charge in [-0.25, -0.2) is 0 Å². The second-order valence-corrected chi connectivity index (χ2v) is 5.55. The van der Waals surface area contributed by atoms with Crippen LogP contribution in [-0.2, 0) is 15.3 Å². The van der Waals surface area contributed by atoms with Gasteiger partial charge in [-0.1, -0.05) is 0 Å².